The van der Waals surface area contributed by atoms with Crippen molar-refractivity contribution >= 4 is 5.97 Å². The lowest BCUT2D eigenvalue weighted by Gasteiger charge is -2.20. The third-order valence-electron chi connectivity index (χ3n) is 7.17. The van der Waals surface area contributed by atoms with Crippen LogP contribution in [0.25, 0.3) is 11.1 Å². The fourth-order valence-corrected chi connectivity index (χ4v) is 4.92. The zero-order chi connectivity index (χ0) is 28.0. The van der Waals surface area contributed by atoms with E-state index in [9.17, 15) is 9.90 Å². The third-order valence-corrected chi connectivity index (χ3v) is 7.17. The van der Waals surface area contributed by atoms with E-state index in [0.717, 1.165) is 36.0 Å². The molecule has 1 aliphatic rings. The Labute approximate surface area is 237 Å². The number of hydrogen-bond donors (Lipinski definition) is 2. The molecule has 2 N–H and O–H groups in total. The van der Waals surface area contributed by atoms with Gasteiger partial charge in [0.15, 0.2) is 0 Å². The summed E-state index contributed by atoms with van der Waals surface area (Å²) in [6, 6.07) is 28.7. The normalized spacial score (nSPS) is 19.8. The highest BCUT2D eigenvalue weighted by atomic mass is 16.6. The molecular formula is C34H39NO5. The van der Waals surface area contributed by atoms with E-state index in [0.29, 0.717) is 26.1 Å². The average Bonchev–Trinajstić information content (AvgIpc) is 3.30. The number of hydrogen-bond acceptors (Lipinski definition) is 6. The number of aliphatic hydroxyl groups is 1. The van der Waals surface area contributed by atoms with Crippen LogP contribution in [0.3, 0.4) is 0 Å². The number of carbonyl (C=O) groups excluding carboxylic acids is 1. The van der Waals surface area contributed by atoms with Crippen molar-refractivity contribution < 1.29 is 24.2 Å². The number of nitrogens with one attached hydrogen (secondary N) is 1. The van der Waals surface area contributed by atoms with E-state index in [2.05, 4.69) is 54.0 Å². The van der Waals surface area contributed by atoms with Gasteiger partial charge in [0.05, 0.1) is 32.5 Å². The van der Waals surface area contributed by atoms with Crippen LogP contribution >= 0.6 is 0 Å². The molecule has 210 valence electrons. The van der Waals surface area contributed by atoms with Crippen LogP contribution in [0.2, 0.25) is 0 Å². The first kappa shape index (κ1) is 29.3. The second-order valence-electron chi connectivity index (χ2n) is 9.98. The van der Waals surface area contributed by atoms with Crippen LogP contribution in [-0.2, 0) is 32.3 Å². The molecule has 4 rings (SSSR count). The molecule has 6 heteroatoms. The summed E-state index contributed by atoms with van der Waals surface area (Å²) in [6.45, 7) is 0.890. The van der Waals surface area contributed by atoms with Gasteiger partial charge in [0, 0.05) is 25.0 Å². The summed E-state index contributed by atoms with van der Waals surface area (Å²) in [4.78, 5) is 17.0. The van der Waals surface area contributed by atoms with Crippen molar-refractivity contribution in [3.8, 4) is 11.1 Å². The number of carbonyl (C=O) groups is 1. The minimum Gasteiger partial charge on any atom is -0.469 e. The van der Waals surface area contributed by atoms with E-state index in [1.165, 1.54) is 18.2 Å². The number of allylic oxidation sites excluding steroid dienone is 2. The Balaban J connectivity index is 1.36. The van der Waals surface area contributed by atoms with Crippen molar-refractivity contribution in [1.29, 1.82) is 0 Å². The molecule has 0 aromatic heterocycles. The molecule has 1 fully saturated rings. The molecule has 0 saturated heterocycles. The van der Waals surface area contributed by atoms with E-state index >= 15 is 0 Å². The van der Waals surface area contributed by atoms with Gasteiger partial charge in [0.25, 0.3) is 0 Å². The second-order valence-corrected chi connectivity index (χ2v) is 9.98. The smallest absolute Gasteiger partial charge is 0.305 e. The standard InChI is InChI=1S/C34H39NO5/c1-38-34(37)17-11-3-2-10-16-30-31(23-35-40-25-26-12-6-4-7-13-26)32(36)22-33(30)39-24-27-18-20-29(21-19-27)28-14-8-5-9-15-28/h2,4-10,12-15,18-21,23,30,32-33,35-36H,3,11,16-17,22,24-25H2,1H3/t30-,32-,33+/m1/s1. The van der Waals surface area contributed by atoms with Gasteiger partial charge < -0.3 is 14.6 Å². The van der Waals surface area contributed by atoms with Gasteiger partial charge in [-0.2, -0.15) is 0 Å². The van der Waals surface area contributed by atoms with Gasteiger partial charge in [-0.3, -0.25) is 15.1 Å². The predicted molar refractivity (Wildman–Crippen MR) is 157 cm³/mol. The largest absolute Gasteiger partial charge is 0.469 e. The maximum Gasteiger partial charge on any atom is 0.305 e. The van der Waals surface area contributed by atoms with Crippen LogP contribution in [0.4, 0.5) is 0 Å². The molecule has 3 aromatic rings. The Kier molecular flexibility index (Phi) is 11.5. The van der Waals surface area contributed by atoms with Crippen molar-refractivity contribution in [2.24, 2.45) is 5.92 Å². The van der Waals surface area contributed by atoms with Crippen LogP contribution < -0.4 is 5.48 Å². The Morgan fingerprint density at radius 1 is 0.900 bits per heavy atom. The Morgan fingerprint density at radius 2 is 1.57 bits per heavy atom. The van der Waals surface area contributed by atoms with Crippen LogP contribution in [0.1, 0.15) is 43.2 Å². The summed E-state index contributed by atoms with van der Waals surface area (Å²) >= 11 is 0. The lowest BCUT2D eigenvalue weighted by atomic mass is 9.96. The molecule has 40 heavy (non-hydrogen) atoms. The van der Waals surface area contributed by atoms with Crippen molar-refractivity contribution in [3.63, 3.8) is 0 Å². The Morgan fingerprint density at radius 3 is 2.30 bits per heavy atom. The summed E-state index contributed by atoms with van der Waals surface area (Å²) in [5, 5.41) is 10.9. The zero-order valence-corrected chi connectivity index (χ0v) is 23.1. The molecular weight excluding hydrogens is 502 g/mol. The second kappa shape index (κ2) is 15.8. The first-order valence-corrected chi connectivity index (χ1v) is 13.9. The van der Waals surface area contributed by atoms with Crippen molar-refractivity contribution in [2.75, 3.05) is 7.11 Å². The van der Waals surface area contributed by atoms with E-state index in [4.69, 9.17) is 14.3 Å². The third kappa shape index (κ3) is 8.91. The maximum atomic E-state index is 11.4. The minimum atomic E-state index is -0.615. The number of benzene rings is 3. The van der Waals surface area contributed by atoms with Gasteiger partial charge in [-0.15, -0.1) is 0 Å². The van der Waals surface area contributed by atoms with E-state index in [-0.39, 0.29) is 18.0 Å². The van der Waals surface area contributed by atoms with Gasteiger partial charge in [-0.1, -0.05) is 97.1 Å². The van der Waals surface area contributed by atoms with Crippen molar-refractivity contribution in [2.45, 2.75) is 57.5 Å². The Hall–Kier alpha value is -3.71. The van der Waals surface area contributed by atoms with Gasteiger partial charge in [-0.25, -0.2) is 0 Å². The van der Waals surface area contributed by atoms with Gasteiger partial charge in [0.1, 0.15) is 0 Å². The predicted octanol–water partition coefficient (Wildman–Crippen LogP) is 6.51. The minimum absolute atomic E-state index is 0.00303. The molecule has 0 heterocycles. The SMILES string of the molecule is COC(=O)CCCC=CC[C@@H]1C(=CNOCc2ccccc2)[C@H](O)C[C@@H]1OCc1ccc(-c2ccccc2)cc1. The summed E-state index contributed by atoms with van der Waals surface area (Å²) in [6.07, 6.45) is 8.42. The molecule has 6 nitrogen and oxygen atoms in total. The monoisotopic (exact) mass is 541 g/mol. The van der Waals surface area contributed by atoms with Gasteiger partial charge in [-0.05, 0) is 47.1 Å². The highest BCUT2D eigenvalue weighted by Crippen LogP contribution is 2.37. The molecule has 1 saturated carbocycles. The molecule has 0 bridgehead atoms. The summed E-state index contributed by atoms with van der Waals surface area (Å²) in [5.74, 6) is -0.187. The molecule has 0 unspecified atom stereocenters. The molecule has 1 aliphatic carbocycles. The molecule has 0 spiro atoms. The number of aliphatic hydroxyl groups excluding tert-OH is 1. The number of esters is 1. The van der Waals surface area contributed by atoms with E-state index in [1.807, 2.05) is 48.5 Å². The van der Waals surface area contributed by atoms with Gasteiger partial charge >= 0.3 is 5.97 Å². The van der Waals surface area contributed by atoms with Gasteiger partial charge in [0.2, 0.25) is 0 Å². The maximum absolute atomic E-state index is 11.4. The van der Waals surface area contributed by atoms with Crippen LogP contribution in [0, 0.1) is 5.92 Å². The first-order chi connectivity index (χ1) is 19.6. The number of unbranched alkanes of at least 4 members (excludes halogenated alkanes) is 1. The molecule has 0 amide bonds. The van der Waals surface area contributed by atoms with E-state index < -0.39 is 6.10 Å². The van der Waals surface area contributed by atoms with Crippen molar-refractivity contribution in [1.82, 2.24) is 5.48 Å². The van der Waals surface area contributed by atoms with Crippen LogP contribution in [-0.4, -0.2) is 30.4 Å². The fourth-order valence-electron chi connectivity index (χ4n) is 4.92. The quantitative estimate of drug-likeness (QED) is 0.105. The fraction of sp³-hybridized carbons (Fsp3) is 0.324. The summed E-state index contributed by atoms with van der Waals surface area (Å²) in [7, 11) is 1.41. The highest BCUT2D eigenvalue weighted by Gasteiger charge is 2.38. The molecule has 0 aliphatic heterocycles. The molecule has 3 aromatic carbocycles. The topological polar surface area (TPSA) is 77.0 Å². The lowest BCUT2D eigenvalue weighted by molar-refractivity contribution is -0.140. The number of methoxy groups -OCH3 is 1. The van der Waals surface area contributed by atoms with Crippen molar-refractivity contribution in [3.05, 3.63) is 120 Å². The average molecular weight is 542 g/mol. The van der Waals surface area contributed by atoms with E-state index in [1.54, 1.807) is 6.20 Å². The molecule has 3 atom stereocenters. The summed E-state index contributed by atoms with van der Waals surface area (Å²) < 4.78 is 11.1. The lowest BCUT2D eigenvalue weighted by Crippen LogP contribution is -2.20. The number of hydroxylamine groups is 1. The number of ether oxygens (including phenoxy) is 2. The molecule has 0 radical (unpaired) electrons. The van der Waals surface area contributed by atoms with Crippen LogP contribution in [0.5, 0.6) is 0 Å². The number of rotatable bonds is 14. The summed E-state index contributed by atoms with van der Waals surface area (Å²) in [5.41, 5.74) is 8.31. The first-order valence-electron chi connectivity index (χ1n) is 13.9. The van der Waals surface area contributed by atoms with Crippen LogP contribution in [0.15, 0.2) is 109 Å². The highest BCUT2D eigenvalue weighted by molar-refractivity contribution is 5.69. The zero-order valence-electron chi connectivity index (χ0n) is 23.1. The Bertz CT molecular complexity index is 1220.